The Bertz CT molecular complexity index is 641. The number of aldehydes is 1. The minimum Gasteiger partial charge on any atom is -0.306 e. The minimum atomic E-state index is 0.473. The van der Waals surface area contributed by atoms with Gasteiger partial charge in [-0.15, -0.1) is 10.2 Å². The molecular formula is C14H14ClN3OS. The summed E-state index contributed by atoms with van der Waals surface area (Å²) in [4.78, 5) is 11.7. The summed E-state index contributed by atoms with van der Waals surface area (Å²) >= 11 is 7.59. The topological polar surface area (TPSA) is 47.8 Å². The van der Waals surface area contributed by atoms with Crippen LogP contribution in [0.15, 0.2) is 28.3 Å². The molecule has 0 fully saturated rings. The number of aryl methyl sites for hydroxylation is 1. The van der Waals surface area contributed by atoms with Gasteiger partial charge in [0.05, 0.1) is 5.02 Å². The molecule has 6 heteroatoms. The van der Waals surface area contributed by atoms with Gasteiger partial charge < -0.3 is 4.57 Å². The fourth-order valence-electron chi connectivity index (χ4n) is 2.31. The van der Waals surface area contributed by atoms with Crippen LogP contribution in [-0.4, -0.2) is 21.1 Å². The number of carbonyl (C=O) groups excluding carboxylic acids is 1. The van der Waals surface area contributed by atoms with Crippen molar-refractivity contribution in [3.63, 3.8) is 0 Å². The van der Waals surface area contributed by atoms with Crippen LogP contribution in [0.1, 0.15) is 35.4 Å². The molecule has 4 nitrogen and oxygen atoms in total. The normalized spacial score (nSPS) is 14.7. The Morgan fingerprint density at radius 3 is 2.95 bits per heavy atom. The molecule has 104 valence electrons. The molecule has 2 heterocycles. The Morgan fingerprint density at radius 2 is 2.15 bits per heavy atom. The molecule has 20 heavy (non-hydrogen) atoms. The summed E-state index contributed by atoms with van der Waals surface area (Å²) < 4.78 is 2.19. The van der Waals surface area contributed by atoms with Crippen LogP contribution < -0.4 is 0 Å². The molecule has 0 aliphatic carbocycles. The molecule has 1 aliphatic heterocycles. The van der Waals surface area contributed by atoms with E-state index in [9.17, 15) is 4.79 Å². The second-order valence-corrected chi connectivity index (χ2v) is 6.21. The number of carbonyl (C=O) groups is 1. The highest BCUT2D eigenvalue weighted by Gasteiger charge is 2.15. The first-order chi connectivity index (χ1) is 9.78. The van der Waals surface area contributed by atoms with Crippen molar-refractivity contribution in [3.05, 3.63) is 34.6 Å². The van der Waals surface area contributed by atoms with Crippen LogP contribution in [0, 0.1) is 0 Å². The van der Waals surface area contributed by atoms with E-state index in [1.807, 2.05) is 6.07 Å². The van der Waals surface area contributed by atoms with Crippen molar-refractivity contribution in [1.82, 2.24) is 14.8 Å². The van der Waals surface area contributed by atoms with Gasteiger partial charge in [0.15, 0.2) is 11.4 Å². The highest BCUT2D eigenvalue weighted by atomic mass is 35.5. The molecular weight excluding hydrogens is 294 g/mol. The zero-order chi connectivity index (χ0) is 13.9. The fourth-order valence-corrected chi connectivity index (χ4v) is 3.51. The molecule has 0 spiro atoms. The summed E-state index contributed by atoms with van der Waals surface area (Å²) in [5, 5.41) is 9.91. The summed E-state index contributed by atoms with van der Waals surface area (Å²) in [5.74, 6) is 1.07. The highest BCUT2D eigenvalue weighted by Crippen LogP contribution is 2.31. The molecule has 1 aliphatic rings. The van der Waals surface area contributed by atoms with Crippen molar-refractivity contribution in [2.45, 2.75) is 42.3 Å². The van der Waals surface area contributed by atoms with Gasteiger partial charge in [0, 0.05) is 23.4 Å². The van der Waals surface area contributed by atoms with Gasteiger partial charge in [0.25, 0.3) is 0 Å². The van der Waals surface area contributed by atoms with E-state index in [1.165, 1.54) is 19.3 Å². The Balaban J connectivity index is 1.86. The number of fused-ring (bicyclic) bond motifs is 1. The number of halogens is 1. The van der Waals surface area contributed by atoms with Crippen molar-refractivity contribution in [1.29, 1.82) is 0 Å². The summed E-state index contributed by atoms with van der Waals surface area (Å²) in [7, 11) is 0. The molecule has 0 atom stereocenters. The highest BCUT2D eigenvalue weighted by molar-refractivity contribution is 7.99. The van der Waals surface area contributed by atoms with Crippen molar-refractivity contribution >= 4 is 29.6 Å². The van der Waals surface area contributed by atoms with E-state index in [-0.39, 0.29) is 0 Å². The van der Waals surface area contributed by atoms with E-state index in [1.54, 1.807) is 23.9 Å². The van der Waals surface area contributed by atoms with E-state index < -0.39 is 0 Å². The molecule has 0 amide bonds. The quantitative estimate of drug-likeness (QED) is 0.813. The number of benzene rings is 1. The van der Waals surface area contributed by atoms with Crippen molar-refractivity contribution in [2.75, 3.05) is 0 Å². The van der Waals surface area contributed by atoms with Gasteiger partial charge in [-0.1, -0.05) is 18.0 Å². The molecule has 0 N–H and O–H groups in total. The number of hydrogen-bond donors (Lipinski definition) is 0. The zero-order valence-corrected chi connectivity index (χ0v) is 12.5. The average molecular weight is 308 g/mol. The molecule has 0 unspecified atom stereocenters. The first-order valence-electron chi connectivity index (χ1n) is 6.62. The van der Waals surface area contributed by atoms with Crippen molar-refractivity contribution < 1.29 is 4.79 Å². The average Bonchev–Trinajstić information content (AvgIpc) is 2.68. The second-order valence-electron chi connectivity index (χ2n) is 4.76. The smallest absolute Gasteiger partial charge is 0.196 e. The lowest BCUT2D eigenvalue weighted by atomic mass is 10.2. The van der Waals surface area contributed by atoms with Crippen molar-refractivity contribution in [3.8, 4) is 0 Å². The Kier molecular flexibility index (Phi) is 4.08. The summed E-state index contributed by atoms with van der Waals surface area (Å²) in [5.41, 5.74) is 0.510. The SMILES string of the molecule is O=Cc1ccc(Sc2nnc3n2CCCCC3)cc1Cl. The lowest BCUT2D eigenvalue weighted by molar-refractivity contribution is 0.112. The van der Waals surface area contributed by atoms with Crippen LogP contribution in [0.5, 0.6) is 0 Å². The van der Waals surface area contributed by atoms with Crippen LogP contribution in [0.3, 0.4) is 0 Å². The van der Waals surface area contributed by atoms with Crippen LogP contribution in [0.2, 0.25) is 5.02 Å². The maximum absolute atomic E-state index is 10.8. The van der Waals surface area contributed by atoms with E-state index in [0.29, 0.717) is 10.6 Å². The van der Waals surface area contributed by atoms with Gasteiger partial charge in [-0.3, -0.25) is 4.79 Å². The molecule has 1 aromatic carbocycles. The summed E-state index contributed by atoms with van der Waals surface area (Å²) in [6.07, 6.45) is 5.36. The first kappa shape index (κ1) is 13.6. The van der Waals surface area contributed by atoms with E-state index >= 15 is 0 Å². The van der Waals surface area contributed by atoms with E-state index in [0.717, 1.165) is 35.1 Å². The second kappa shape index (κ2) is 5.97. The van der Waals surface area contributed by atoms with Gasteiger partial charge in [-0.05, 0) is 42.8 Å². The molecule has 2 aromatic rings. The van der Waals surface area contributed by atoms with Gasteiger partial charge >= 0.3 is 0 Å². The number of aromatic nitrogens is 3. The third-order valence-corrected chi connectivity index (χ3v) is 4.69. The maximum Gasteiger partial charge on any atom is 0.196 e. The van der Waals surface area contributed by atoms with Crippen LogP contribution >= 0.6 is 23.4 Å². The molecule has 0 bridgehead atoms. The molecule has 0 saturated heterocycles. The number of nitrogens with zero attached hydrogens (tertiary/aromatic N) is 3. The number of hydrogen-bond acceptors (Lipinski definition) is 4. The van der Waals surface area contributed by atoms with Crippen molar-refractivity contribution in [2.24, 2.45) is 0 Å². The first-order valence-corrected chi connectivity index (χ1v) is 7.82. The Morgan fingerprint density at radius 1 is 1.25 bits per heavy atom. The lowest BCUT2D eigenvalue weighted by Gasteiger charge is -2.07. The van der Waals surface area contributed by atoms with E-state index in [4.69, 9.17) is 11.6 Å². The summed E-state index contributed by atoms with van der Waals surface area (Å²) in [6.45, 7) is 0.977. The Hall–Kier alpha value is -1.33. The molecule has 0 saturated carbocycles. The van der Waals surface area contributed by atoms with Gasteiger partial charge in [-0.2, -0.15) is 0 Å². The third-order valence-electron chi connectivity index (χ3n) is 3.38. The number of rotatable bonds is 3. The van der Waals surface area contributed by atoms with E-state index in [2.05, 4.69) is 14.8 Å². The lowest BCUT2D eigenvalue weighted by Crippen LogP contribution is -2.02. The monoisotopic (exact) mass is 307 g/mol. The van der Waals surface area contributed by atoms with Crippen LogP contribution in [0.25, 0.3) is 0 Å². The third kappa shape index (κ3) is 2.74. The largest absolute Gasteiger partial charge is 0.306 e. The Labute approximate surface area is 126 Å². The van der Waals surface area contributed by atoms with Gasteiger partial charge in [-0.25, -0.2) is 0 Å². The standard InChI is InChI=1S/C14H14ClN3OS/c15-12-8-11(6-5-10(12)9-19)20-14-17-16-13-4-2-1-3-7-18(13)14/h5-6,8-9H,1-4,7H2. The molecule has 3 rings (SSSR count). The fraction of sp³-hybridized carbons (Fsp3) is 0.357. The zero-order valence-electron chi connectivity index (χ0n) is 10.9. The predicted octanol–water partition coefficient (Wildman–Crippen LogP) is 3.62. The molecule has 0 radical (unpaired) electrons. The minimum absolute atomic E-state index is 0.473. The van der Waals surface area contributed by atoms with Gasteiger partial charge in [0.2, 0.25) is 0 Å². The molecule has 1 aromatic heterocycles. The van der Waals surface area contributed by atoms with Crippen LogP contribution in [0.4, 0.5) is 0 Å². The maximum atomic E-state index is 10.8. The van der Waals surface area contributed by atoms with Gasteiger partial charge in [0.1, 0.15) is 5.82 Å². The van der Waals surface area contributed by atoms with Crippen LogP contribution in [-0.2, 0) is 13.0 Å². The summed E-state index contributed by atoms with van der Waals surface area (Å²) in [6, 6.07) is 5.42. The predicted molar refractivity (Wildman–Crippen MR) is 78.5 cm³/mol.